The molecule has 14 nitrogen and oxygen atoms in total. The lowest BCUT2D eigenvalue weighted by Crippen LogP contribution is -2.65. The number of nitrogens with zero attached hydrogens (tertiary/aromatic N) is 2. The predicted octanol–water partition coefficient (Wildman–Crippen LogP) is 0.293. The summed E-state index contributed by atoms with van der Waals surface area (Å²) in [6.07, 6.45) is -0.104. The van der Waals surface area contributed by atoms with Crippen LogP contribution in [0.15, 0.2) is 23.0 Å². The number of carbonyl (C=O) groups is 4. The van der Waals surface area contributed by atoms with Crippen molar-refractivity contribution < 1.29 is 49.1 Å². The first-order chi connectivity index (χ1) is 20.2. The number of carbonyl (C=O) groups excluding carboxylic acids is 4. The van der Waals surface area contributed by atoms with E-state index < -0.39 is 69.9 Å². The number of primary amides is 1. The van der Waals surface area contributed by atoms with Crippen LogP contribution in [0.4, 0.5) is 10.5 Å². The number of phenols is 1. The standard InChI is InChI=1S/C29H38N4O10/c1-32(2)17-11-14(12-31-28(40)43-8-6-7-42-5)22(34)19-15(17)9-13-10-16-21(33(3)4)24(36)20(27(30)39)26(38)29(16,41)25(37)18(13)23(19)35/h11,13,16,21,34-35,38,41H,6-10,12H2,1-5H3,(H2,30,39)(H,31,40). The van der Waals surface area contributed by atoms with Crippen LogP contribution in [0.2, 0.25) is 0 Å². The molecule has 14 heteroatoms. The molecule has 0 aromatic heterocycles. The summed E-state index contributed by atoms with van der Waals surface area (Å²) in [6.45, 7) is 0.365. The molecule has 1 saturated carbocycles. The molecule has 0 heterocycles. The first kappa shape index (κ1) is 31.8. The molecule has 0 saturated heterocycles. The molecule has 1 aromatic carbocycles. The highest BCUT2D eigenvalue weighted by molar-refractivity contribution is 6.24. The Hall–Kier alpha value is -4.14. The molecule has 1 aromatic rings. The van der Waals surface area contributed by atoms with Gasteiger partial charge in [-0.25, -0.2) is 4.79 Å². The predicted molar refractivity (Wildman–Crippen MR) is 153 cm³/mol. The second-order valence-corrected chi connectivity index (χ2v) is 11.4. The van der Waals surface area contributed by atoms with Crippen molar-refractivity contribution in [3.63, 3.8) is 0 Å². The lowest BCUT2D eigenvalue weighted by molar-refractivity contribution is -0.153. The van der Waals surface area contributed by atoms with Crippen molar-refractivity contribution in [1.29, 1.82) is 0 Å². The van der Waals surface area contributed by atoms with Gasteiger partial charge in [-0.05, 0) is 44.5 Å². The van der Waals surface area contributed by atoms with Crippen LogP contribution in [-0.4, -0.2) is 109 Å². The number of methoxy groups -OCH3 is 1. The molecule has 1 fully saturated rings. The minimum absolute atomic E-state index is 0.0163. The summed E-state index contributed by atoms with van der Waals surface area (Å²) in [7, 11) is 8.12. The Labute approximate surface area is 248 Å². The van der Waals surface area contributed by atoms with E-state index in [1.165, 1.54) is 12.0 Å². The maximum Gasteiger partial charge on any atom is 0.407 e. The molecule has 3 aliphatic rings. The van der Waals surface area contributed by atoms with Gasteiger partial charge in [0.1, 0.15) is 22.8 Å². The van der Waals surface area contributed by atoms with Gasteiger partial charge in [0, 0.05) is 63.5 Å². The molecule has 43 heavy (non-hydrogen) atoms. The second-order valence-electron chi connectivity index (χ2n) is 11.4. The van der Waals surface area contributed by atoms with Crippen molar-refractivity contribution in [2.75, 3.05) is 53.4 Å². The quantitative estimate of drug-likeness (QED) is 0.166. The van der Waals surface area contributed by atoms with Crippen LogP contribution in [0.25, 0.3) is 5.76 Å². The summed E-state index contributed by atoms with van der Waals surface area (Å²) in [5.74, 6) is -7.23. The molecule has 7 N–H and O–H groups in total. The van der Waals surface area contributed by atoms with Crippen LogP contribution in [0.3, 0.4) is 0 Å². The summed E-state index contributed by atoms with van der Waals surface area (Å²) in [5.41, 5.74) is 2.78. The molecule has 0 radical (unpaired) electrons. The van der Waals surface area contributed by atoms with Crippen LogP contribution >= 0.6 is 0 Å². The summed E-state index contributed by atoms with van der Waals surface area (Å²) in [5, 5.41) is 48.2. The van der Waals surface area contributed by atoms with Crippen LogP contribution in [0.1, 0.15) is 29.5 Å². The van der Waals surface area contributed by atoms with Gasteiger partial charge < -0.3 is 45.9 Å². The van der Waals surface area contributed by atoms with E-state index in [9.17, 15) is 39.6 Å². The maximum atomic E-state index is 14.0. The number of hydrogen-bond acceptors (Lipinski definition) is 12. The van der Waals surface area contributed by atoms with Crippen molar-refractivity contribution in [2.45, 2.75) is 37.5 Å². The number of fused-ring (bicyclic) bond motifs is 3. The fourth-order valence-electron chi connectivity index (χ4n) is 6.47. The lowest BCUT2D eigenvalue weighted by atomic mass is 9.57. The molecule has 234 valence electrons. The summed E-state index contributed by atoms with van der Waals surface area (Å²) >= 11 is 0. The number of nitrogens with one attached hydrogen (secondary N) is 1. The monoisotopic (exact) mass is 602 g/mol. The molecule has 4 atom stereocenters. The number of phenolic OH excluding ortho intramolecular Hbond substituents is 1. The molecule has 4 unspecified atom stereocenters. The van der Waals surface area contributed by atoms with E-state index in [-0.39, 0.29) is 42.7 Å². The number of rotatable bonds is 9. The Kier molecular flexibility index (Phi) is 8.77. The minimum atomic E-state index is -2.73. The van der Waals surface area contributed by atoms with Crippen LogP contribution in [-0.2, 0) is 36.8 Å². The normalized spacial score (nSPS) is 24.9. The number of aromatic hydroxyl groups is 1. The number of amides is 2. The van der Waals surface area contributed by atoms with Gasteiger partial charge in [-0.1, -0.05) is 0 Å². The first-order valence-corrected chi connectivity index (χ1v) is 13.8. The van der Waals surface area contributed by atoms with E-state index in [2.05, 4.69) is 5.32 Å². The Bertz CT molecular complexity index is 1430. The first-order valence-electron chi connectivity index (χ1n) is 13.8. The molecule has 2 amide bonds. The van der Waals surface area contributed by atoms with Gasteiger partial charge in [0.2, 0.25) is 5.78 Å². The number of aliphatic hydroxyl groups is 3. The van der Waals surface area contributed by atoms with Crippen LogP contribution < -0.4 is 16.0 Å². The number of ether oxygens (including phenoxy) is 2. The molecular weight excluding hydrogens is 564 g/mol. The number of aliphatic hydroxyl groups excluding tert-OH is 2. The van der Waals surface area contributed by atoms with Crippen LogP contribution in [0, 0.1) is 11.8 Å². The van der Waals surface area contributed by atoms with E-state index in [0.717, 1.165) is 0 Å². The average molecular weight is 603 g/mol. The number of nitrogens with two attached hydrogens (primary N) is 1. The van der Waals surface area contributed by atoms with Gasteiger partial charge in [-0.15, -0.1) is 0 Å². The molecule has 4 rings (SSSR count). The van der Waals surface area contributed by atoms with E-state index in [1.54, 1.807) is 39.2 Å². The topological polar surface area (TPSA) is 212 Å². The highest BCUT2D eigenvalue weighted by Gasteiger charge is 2.64. The minimum Gasteiger partial charge on any atom is -0.508 e. The molecule has 0 aliphatic heterocycles. The zero-order chi connectivity index (χ0) is 32.0. The molecule has 0 bridgehead atoms. The Morgan fingerprint density at radius 2 is 1.81 bits per heavy atom. The molecular formula is C29H38N4O10. The van der Waals surface area contributed by atoms with Gasteiger partial charge in [-0.2, -0.15) is 0 Å². The third-order valence-electron chi connectivity index (χ3n) is 8.41. The average Bonchev–Trinajstić information content (AvgIpc) is 2.92. The van der Waals surface area contributed by atoms with E-state index >= 15 is 0 Å². The van der Waals surface area contributed by atoms with Crippen LogP contribution in [0.5, 0.6) is 5.75 Å². The molecule has 0 spiro atoms. The second kappa shape index (κ2) is 11.9. The van der Waals surface area contributed by atoms with Gasteiger partial charge in [-0.3, -0.25) is 19.3 Å². The maximum absolute atomic E-state index is 14.0. The van der Waals surface area contributed by atoms with E-state index in [0.29, 0.717) is 24.3 Å². The summed E-state index contributed by atoms with van der Waals surface area (Å²) in [4.78, 5) is 54.8. The number of Topliss-reactive ketones (excluding diaryl/α,β-unsaturated/α-hetero) is 2. The van der Waals surface area contributed by atoms with E-state index in [1.807, 2.05) is 0 Å². The number of hydrogen-bond donors (Lipinski definition) is 6. The van der Waals surface area contributed by atoms with Gasteiger partial charge >= 0.3 is 6.09 Å². The Morgan fingerprint density at radius 1 is 1.14 bits per heavy atom. The third kappa shape index (κ3) is 5.19. The zero-order valence-electron chi connectivity index (χ0n) is 24.8. The zero-order valence-corrected chi connectivity index (χ0v) is 24.8. The number of alkyl carbamates (subject to hydrolysis) is 1. The smallest absolute Gasteiger partial charge is 0.407 e. The number of likely N-dealkylation sites (N-methyl/N-ethyl adjacent to an activating group) is 1. The van der Waals surface area contributed by atoms with Gasteiger partial charge in [0.15, 0.2) is 11.4 Å². The van der Waals surface area contributed by atoms with Gasteiger partial charge in [0.05, 0.1) is 18.2 Å². The Morgan fingerprint density at radius 3 is 2.40 bits per heavy atom. The van der Waals surface area contributed by atoms with Gasteiger partial charge in [0.25, 0.3) is 5.91 Å². The third-order valence-corrected chi connectivity index (χ3v) is 8.41. The van der Waals surface area contributed by atoms with Crippen molar-refractivity contribution in [2.24, 2.45) is 17.6 Å². The number of anilines is 1. The highest BCUT2D eigenvalue weighted by Crippen LogP contribution is 2.54. The SMILES string of the molecule is COCCCOC(=O)NCc1cc(N(C)C)c2c(c1O)C(O)=C1C(=O)C3(O)C(O)=C(C(N)=O)C(=O)C(N(C)C)C3CC1C2. The van der Waals surface area contributed by atoms with Crippen molar-refractivity contribution in [3.8, 4) is 5.75 Å². The lowest BCUT2D eigenvalue weighted by Gasteiger charge is -2.50. The number of benzene rings is 1. The number of ketones is 2. The fraction of sp³-hybridized carbons (Fsp3) is 0.517. The fourth-order valence-corrected chi connectivity index (χ4v) is 6.47. The van der Waals surface area contributed by atoms with Crippen molar-refractivity contribution in [1.82, 2.24) is 10.2 Å². The largest absolute Gasteiger partial charge is 0.508 e. The molecule has 3 aliphatic carbocycles. The summed E-state index contributed by atoms with van der Waals surface area (Å²) in [6, 6.07) is 0.487. The highest BCUT2D eigenvalue weighted by atomic mass is 16.5. The Balaban J connectivity index is 1.81. The summed E-state index contributed by atoms with van der Waals surface area (Å²) < 4.78 is 10.0. The van der Waals surface area contributed by atoms with E-state index in [4.69, 9.17) is 15.2 Å². The van der Waals surface area contributed by atoms with Crippen molar-refractivity contribution in [3.05, 3.63) is 39.7 Å². The van der Waals surface area contributed by atoms with Crippen molar-refractivity contribution >= 4 is 35.0 Å².